The Morgan fingerprint density at radius 2 is 1.70 bits per heavy atom. The van der Waals surface area contributed by atoms with Crippen molar-refractivity contribution in [3.05, 3.63) is 83.9 Å². The number of phenols is 1. The highest BCUT2D eigenvalue weighted by Crippen LogP contribution is 2.19. The van der Waals surface area contributed by atoms with Gasteiger partial charge in [-0.15, -0.1) is 0 Å². The van der Waals surface area contributed by atoms with Crippen LogP contribution < -0.4 is 20.8 Å². The quantitative estimate of drug-likeness (QED) is 0.252. The zero-order valence-corrected chi connectivity index (χ0v) is 17.7. The van der Waals surface area contributed by atoms with Crippen LogP contribution in [0.1, 0.15) is 22.8 Å². The molecule has 9 heteroatoms. The molecule has 0 heterocycles. The van der Waals surface area contributed by atoms with Crippen molar-refractivity contribution in [1.29, 1.82) is 0 Å². The zero-order chi connectivity index (χ0) is 23.6. The number of carbonyl (C=O) groups is 3. The lowest BCUT2D eigenvalue weighted by Crippen LogP contribution is -2.33. The second kappa shape index (κ2) is 11.1. The number of nitrogens with one attached hydrogen (secondary N) is 3. The molecule has 0 saturated heterocycles. The van der Waals surface area contributed by atoms with Gasteiger partial charge in [0.2, 0.25) is 0 Å². The molecule has 3 amide bonds. The average molecular weight is 446 g/mol. The van der Waals surface area contributed by atoms with Crippen molar-refractivity contribution in [3.8, 4) is 11.5 Å². The van der Waals surface area contributed by atoms with Crippen LogP contribution in [0.5, 0.6) is 11.5 Å². The minimum atomic E-state index is -1.02. The van der Waals surface area contributed by atoms with Gasteiger partial charge in [0.1, 0.15) is 11.5 Å². The largest absolute Gasteiger partial charge is 0.508 e. The normalized spacial score (nSPS) is 10.5. The second-order valence-corrected chi connectivity index (χ2v) is 6.71. The third-order valence-corrected chi connectivity index (χ3v) is 4.30. The summed E-state index contributed by atoms with van der Waals surface area (Å²) in [6.07, 6.45) is 1.28. The van der Waals surface area contributed by atoms with Crippen LogP contribution in [0.15, 0.2) is 77.9 Å². The lowest BCUT2D eigenvalue weighted by Gasteiger charge is -2.11. The minimum absolute atomic E-state index is 0.0446. The highest BCUT2D eigenvalue weighted by molar-refractivity contribution is 6.40. The molecule has 0 saturated carbocycles. The summed E-state index contributed by atoms with van der Waals surface area (Å²) in [5.41, 5.74) is 3.52. The Morgan fingerprint density at radius 3 is 2.42 bits per heavy atom. The van der Waals surface area contributed by atoms with E-state index in [0.717, 1.165) is 0 Å². The standard InChI is InChI=1S/C24H22N4O5/c1-2-33-19-12-10-17(11-13-19)26-22(30)20-8-3-4-9-21(20)27-23(31)24(32)28-25-15-16-6-5-7-18(29)14-16/h3-15,29H,2H2,1H3,(H,26,30)(H,27,31)(H,28,32)/b25-15+. The van der Waals surface area contributed by atoms with Crippen LogP contribution in [-0.2, 0) is 9.59 Å². The van der Waals surface area contributed by atoms with Crippen LogP contribution >= 0.6 is 0 Å². The van der Waals surface area contributed by atoms with Crippen molar-refractivity contribution in [1.82, 2.24) is 5.43 Å². The maximum atomic E-state index is 12.7. The Balaban J connectivity index is 1.62. The molecule has 0 aliphatic carbocycles. The summed E-state index contributed by atoms with van der Waals surface area (Å²) in [5, 5.41) is 18.3. The van der Waals surface area contributed by atoms with E-state index in [1.54, 1.807) is 48.5 Å². The first-order valence-electron chi connectivity index (χ1n) is 10.0. The summed E-state index contributed by atoms with van der Waals surface area (Å²) in [5.74, 6) is -1.75. The van der Waals surface area contributed by atoms with Gasteiger partial charge in [-0.25, -0.2) is 5.43 Å². The molecule has 33 heavy (non-hydrogen) atoms. The monoisotopic (exact) mass is 446 g/mol. The number of ether oxygens (including phenoxy) is 1. The van der Waals surface area contributed by atoms with Crippen molar-refractivity contribution >= 4 is 35.3 Å². The molecule has 0 aromatic heterocycles. The summed E-state index contributed by atoms with van der Waals surface area (Å²) in [6, 6.07) is 19.4. The van der Waals surface area contributed by atoms with Crippen LogP contribution in [0.4, 0.5) is 11.4 Å². The average Bonchev–Trinajstić information content (AvgIpc) is 2.81. The van der Waals surface area contributed by atoms with Crippen LogP contribution in [0.3, 0.4) is 0 Å². The van der Waals surface area contributed by atoms with Gasteiger partial charge in [-0.2, -0.15) is 5.10 Å². The van der Waals surface area contributed by atoms with E-state index in [0.29, 0.717) is 23.6 Å². The Kier molecular flexibility index (Phi) is 7.74. The summed E-state index contributed by atoms with van der Waals surface area (Å²) in [7, 11) is 0. The number of para-hydroxylation sites is 1. The molecular formula is C24H22N4O5. The predicted octanol–water partition coefficient (Wildman–Crippen LogP) is 3.13. The number of hydrogen-bond acceptors (Lipinski definition) is 6. The van der Waals surface area contributed by atoms with Crippen molar-refractivity contribution in [2.45, 2.75) is 6.92 Å². The fourth-order valence-electron chi connectivity index (χ4n) is 2.79. The Labute approximate surface area is 190 Å². The van der Waals surface area contributed by atoms with Crippen molar-refractivity contribution < 1.29 is 24.2 Å². The Hall–Kier alpha value is -4.66. The third kappa shape index (κ3) is 6.66. The van der Waals surface area contributed by atoms with Gasteiger partial charge in [0.15, 0.2) is 0 Å². The van der Waals surface area contributed by atoms with Gasteiger partial charge >= 0.3 is 11.8 Å². The zero-order valence-electron chi connectivity index (χ0n) is 17.7. The first kappa shape index (κ1) is 23.0. The number of nitrogens with zero attached hydrogens (tertiary/aromatic N) is 1. The number of hydrogen-bond donors (Lipinski definition) is 4. The Morgan fingerprint density at radius 1 is 0.939 bits per heavy atom. The molecule has 0 aliphatic rings. The number of anilines is 2. The number of hydrazone groups is 1. The summed E-state index contributed by atoms with van der Waals surface area (Å²) < 4.78 is 5.37. The summed E-state index contributed by atoms with van der Waals surface area (Å²) in [6.45, 7) is 2.41. The van der Waals surface area contributed by atoms with Gasteiger partial charge in [0.05, 0.1) is 24.1 Å². The minimum Gasteiger partial charge on any atom is -0.508 e. The van der Waals surface area contributed by atoms with E-state index in [2.05, 4.69) is 21.2 Å². The van der Waals surface area contributed by atoms with Gasteiger partial charge < -0.3 is 20.5 Å². The van der Waals surface area contributed by atoms with E-state index in [9.17, 15) is 19.5 Å². The van der Waals surface area contributed by atoms with Gasteiger partial charge in [-0.05, 0) is 61.0 Å². The molecule has 0 fully saturated rings. The molecule has 0 unspecified atom stereocenters. The number of carbonyl (C=O) groups excluding carboxylic acids is 3. The predicted molar refractivity (Wildman–Crippen MR) is 124 cm³/mol. The Bertz CT molecular complexity index is 1180. The second-order valence-electron chi connectivity index (χ2n) is 6.71. The number of aromatic hydroxyl groups is 1. The topological polar surface area (TPSA) is 129 Å². The molecule has 3 aromatic rings. The highest BCUT2D eigenvalue weighted by Gasteiger charge is 2.17. The summed E-state index contributed by atoms with van der Waals surface area (Å²) in [4.78, 5) is 37.0. The van der Waals surface area contributed by atoms with Gasteiger partial charge in [-0.3, -0.25) is 14.4 Å². The van der Waals surface area contributed by atoms with E-state index in [1.807, 2.05) is 6.92 Å². The van der Waals surface area contributed by atoms with Crippen LogP contribution in [0.25, 0.3) is 0 Å². The summed E-state index contributed by atoms with van der Waals surface area (Å²) >= 11 is 0. The van der Waals surface area contributed by atoms with Crippen LogP contribution in [0, 0.1) is 0 Å². The smallest absolute Gasteiger partial charge is 0.329 e. The van der Waals surface area contributed by atoms with E-state index >= 15 is 0 Å². The molecule has 3 aromatic carbocycles. The van der Waals surface area contributed by atoms with Gasteiger partial charge in [-0.1, -0.05) is 24.3 Å². The molecule has 4 N–H and O–H groups in total. The van der Waals surface area contributed by atoms with Crippen LogP contribution in [-0.4, -0.2) is 35.6 Å². The molecule has 0 spiro atoms. The van der Waals surface area contributed by atoms with E-state index < -0.39 is 17.7 Å². The maximum Gasteiger partial charge on any atom is 0.329 e. The van der Waals surface area contributed by atoms with E-state index in [-0.39, 0.29) is 17.0 Å². The molecule has 0 bridgehead atoms. The van der Waals surface area contributed by atoms with E-state index in [1.165, 1.54) is 30.5 Å². The van der Waals surface area contributed by atoms with Crippen molar-refractivity contribution in [3.63, 3.8) is 0 Å². The molecule has 168 valence electrons. The highest BCUT2D eigenvalue weighted by atomic mass is 16.5. The lowest BCUT2D eigenvalue weighted by atomic mass is 10.1. The molecular weight excluding hydrogens is 424 g/mol. The number of benzene rings is 3. The molecule has 0 atom stereocenters. The molecule has 0 aliphatic heterocycles. The van der Waals surface area contributed by atoms with Crippen molar-refractivity contribution in [2.24, 2.45) is 5.10 Å². The number of phenolic OH excluding ortho intramolecular Hbond substituents is 1. The first-order chi connectivity index (χ1) is 16.0. The fraction of sp³-hybridized carbons (Fsp3) is 0.0833. The SMILES string of the molecule is CCOc1ccc(NC(=O)c2ccccc2NC(=O)C(=O)N/N=C/c2cccc(O)c2)cc1. The van der Waals surface area contributed by atoms with Crippen molar-refractivity contribution in [2.75, 3.05) is 17.2 Å². The number of rotatable bonds is 7. The molecule has 9 nitrogen and oxygen atoms in total. The van der Waals surface area contributed by atoms with Gasteiger partial charge in [0.25, 0.3) is 5.91 Å². The molecule has 3 rings (SSSR count). The first-order valence-corrected chi connectivity index (χ1v) is 10.0. The maximum absolute atomic E-state index is 12.7. The lowest BCUT2D eigenvalue weighted by molar-refractivity contribution is -0.136. The number of amides is 3. The molecule has 0 radical (unpaired) electrons. The van der Waals surface area contributed by atoms with E-state index in [4.69, 9.17) is 4.74 Å². The van der Waals surface area contributed by atoms with Gasteiger partial charge in [0, 0.05) is 5.69 Å². The van der Waals surface area contributed by atoms with Crippen LogP contribution in [0.2, 0.25) is 0 Å². The third-order valence-electron chi connectivity index (χ3n) is 4.30. The fourth-order valence-corrected chi connectivity index (χ4v) is 2.79.